The minimum atomic E-state index is -0.0257. The molecule has 0 aliphatic carbocycles. The minimum absolute atomic E-state index is 0.0257. The molecule has 0 N–H and O–H groups in total. The molecule has 0 radical (unpaired) electrons. The van der Waals surface area contributed by atoms with Crippen LogP contribution in [0.3, 0.4) is 0 Å². The third-order valence-electron chi connectivity index (χ3n) is 2.40. The summed E-state index contributed by atoms with van der Waals surface area (Å²) in [6.07, 6.45) is 1.61. The lowest BCUT2D eigenvalue weighted by molar-refractivity contribution is 0.102. The molecule has 0 saturated heterocycles. The fourth-order valence-corrected chi connectivity index (χ4v) is 2.82. The highest BCUT2D eigenvalue weighted by atomic mass is 35.5. The molecular weight excluding hydrogens is 291 g/mol. The van der Waals surface area contributed by atoms with Gasteiger partial charge in [-0.2, -0.15) is 0 Å². The van der Waals surface area contributed by atoms with Crippen LogP contribution in [0.25, 0.3) is 0 Å². The van der Waals surface area contributed by atoms with Gasteiger partial charge in [-0.15, -0.1) is 11.8 Å². The van der Waals surface area contributed by atoms with E-state index in [-0.39, 0.29) is 5.78 Å². The number of hydrogen-bond acceptors (Lipinski definition) is 3. The minimum Gasteiger partial charge on any atom is -0.468 e. The van der Waals surface area contributed by atoms with Crippen molar-refractivity contribution in [1.29, 1.82) is 0 Å². The predicted molar refractivity (Wildman–Crippen MR) is 75.0 cm³/mol. The van der Waals surface area contributed by atoms with Gasteiger partial charge in [0.05, 0.1) is 17.0 Å². The monoisotopic (exact) mass is 300 g/mol. The second-order valence-electron chi connectivity index (χ2n) is 3.68. The van der Waals surface area contributed by atoms with Crippen molar-refractivity contribution in [2.24, 2.45) is 0 Å². The lowest BCUT2D eigenvalue weighted by Gasteiger charge is -2.03. The number of rotatable bonds is 4. The third kappa shape index (κ3) is 3.10. The number of Topliss-reactive ketones (excluding diaryl/α,β-unsaturated/α-hetero) is 1. The molecule has 2 rings (SSSR count). The maximum absolute atomic E-state index is 12.0. The highest BCUT2D eigenvalue weighted by molar-refractivity contribution is 8.00. The third-order valence-corrected chi connectivity index (χ3v) is 4.09. The zero-order valence-corrected chi connectivity index (χ0v) is 11.9. The van der Waals surface area contributed by atoms with E-state index in [0.29, 0.717) is 21.4 Å². The summed E-state index contributed by atoms with van der Waals surface area (Å²) < 4.78 is 5.17. The molecule has 0 spiro atoms. The highest BCUT2D eigenvalue weighted by Crippen LogP contribution is 2.26. The molecule has 1 aromatic carbocycles. The Bertz CT molecular complexity index is 578. The first kappa shape index (κ1) is 13.5. The second kappa shape index (κ2) is 5.83. The van der Waals surface area contributed by atoms with E-state index in [1.54, 1.807) is 24.5 Å². The van der Waals surface area contributed by atoms with Gasteiger partial charge in [0.2, 0.25) is 0 Å². The van der Waals surface area contributed by atoms with Crippen LogP contribution < -0.4 is 0 Å². The quantitative estimate of drug-likeness (QED) is 0.596. The van der Waals surface area contributed by atoms with E-state index >= 15 is 0 Å². The van der Waals surface area contributed by atoms with E-state index in [2.05, 4.69) is 0 Å². The average Bonchev–Trinajstić information content (AvgIpc) is 2.72. The van der Waals surface area contributed by atoms with Crippen LogP contribution in [0.1, 0.15) is 16.1 Å². The number of benzene rings is 1. The smallest absolute Gasteiger partial charge is 0.174 e. The van der Waals surface area contributed by atoms with Gasteiger partial charge in [0.15, 0.2) is 5.78 Å². The van der Waals surface area contributed by atoms with Crippen molar-refractivity contribution < 1.29 is 9.21 Å². The van der Waals surface area contributed by atoms with Crippen molar-refractivity contribution in [2.45, 2.75) is 11.8 Å². The van der Waals surface area contributed by atoms with Gasteiger partial charge in [-0.25, -0.2) is 0 Å². The van der Waals surface area contributed by atoms with Crippen molar-refractivity contribution in [3.05, 3.63) is 51.9 Å². The molecule has 0 unspecified atom stereocenters. The summed E-state index contributed by atoms with van der Waals surface area (Å²) in [7, 11) is 0. The van der Waals surface area contributed by atoms with Gasteiger partial charge in [-0.05, 0) is 31.2 Å². The number of furan rings is 1. The van der Waals surface area contributed by atoms with Crippen LogP contribution in [0.4, 0.5) is 0 Å². The molecule has 1 aromatic heterocycles. The molecule has 0 atom stereocenters. The fraction of sp³-hybridized carbons (Fsp3) is 0.154. The van der Waals surface area contributed by atoms with E-state index < -0.39 is 0 Å². The highest BCUT2D eigenvalue weighted by Gasteiger charge is 2.12. The summed E-state index contributed by atoms with van der Waals surface area (Å²) >= 11 is 13.2. The van der Waals surface area contributed by atoms with Crippen LogP contribution in [0.15, 0.2) is 39.8 Å². The largest absolute Gasteiger partial charge is 0.468 e. The van der Waals surface area contributed by atoms with Gasteiger partial charge in [-0.1, -0.05) is 23.2 Å². The maximum Gasteiger partial charge on any atom is 0.174 e. The first-order valence-electron chi connectivity index (χ1n) is 5.23. The Labute approximate surface area is 119 Å². The second-order valence-corrected chi connectivity index (χ2v) is 5.54. The van der Waals surface area contributed by atoms with Crippen molar-refractivity contribution in [2.75, 3.05) is 5.75 Å². The molecule has 5 heteroatoms. The van der Waals surface area contributed by atoms with E-state index in [1.165, 1.54) is 11.8 Å². The Kier molecular flexibility index (Phi) is 4.38. The van der Waals surface area contributed by atoms with Crippen LogP contribution in [0.5, 0.6) is 0 Å². The van der Waals surface area contributed by atoms with Crippen molar-refractivity contribution in [3.8, 4) is 0 Å². The normalized spacial score (nSPS) is 10.6. The molecule has 0 amide bonds. The van der Waals surface area contributed by atoms with Crippen LogP contribution in [0.2, 0.25) is 10.0 Å². The molecule has 94 valence electrons. The lowest BCUT2D eigenvalue weighted by atomic mass is 10.1. The molecule has 2 aromatic rings. The molecule has 0 bridgehead atoms. The van der Waals surface area contributed by atoms with Crippen LogP contribution in [0, 0.1) is 6.92 Å². The number of aryl methyl sites for hydroxylation is 1. The van der Waals surface area contributed by atoms with E-state index in [0.717, 1.165) is 10.7 Å². The Morgan fingerprint density at radius 1 is 1.33 bits per heavy atom. The first-order valence-corrected chi connectivity index (χ1v) is 6.97. The number of hydrogen-bond donors (Lipinski definition) is 0. The number of halogens is 2. The van der Waals surface area contributed by atoms with Crippen molar-refractivity contribution in [1.82, 2.24) is 0 Å². The number of carbonyl (C=O) groups excluding carboxylic acids is 1. The summed E-state index contributed by atoms with van der Waals surface area (Å²) in [6.45, 7) is 1.86. The predicted octanol–water partition coefficient (Wildman–Crippen LogP) is 4.87. The molecule has 0 fully saturated rings. The van der Waals surface area contributed by atoms with Crippen LogP contribution in [-0.4, -0.2) is 11.5 Å². The van der Waals surface area contributed by atoms with Gasteiger partial charge in [0.25, 0.3) is 0 Å². The van der Waals surface area contributed by atoms with Gasteiger partial charge in [-0.3, -0.25) is 4.79 Å². The lowest BCUT2D eigenvalue weighted by Crippen LogP contribution is -2.03. The van der Waals surface area contributed by atoms with Crippen molar-refractivity contribution in [3.63, 3.8) is 0 Å². The number of carbonyl (C=O) groups is 1. The molecule has 2 nitrogen and oxygen atoms in total. The standard InChI is InChI=1S/C13H10Cl2O2S/c1-8-13(4-5-17-8)18-7-12(16)10-3-2-9(14)6-11(10)15/h2-6H,7H2,1H3. The molecular formula is C13H10Cl2O2S. The Morgan fingerprint density at radius 3 is 2.72 bits per heavy atom. The van der Waals surface area contributed by atoms with E-state index in [1.807, 2.05) is 13.0 Å². The number of thioether (sulfide) groups is 1. The topological polar surface area (TPSA) is 30.2 Å². The van der Waals surface area contributed by atoms with Crippen molar-refractivity contribution >= 4 is 40.7 Å². The molecule has 1 heterocycles. The summed E-state index contributed by atoms with van der Waals surface area (Å²) in [5.41, 5.74) is 0.495. The molecule has 18 heavy (non-hydrogen) atoms. The van der Waals surface area contributed by atoms with Gasteiger partial charge < -0.3 is 4.42 Å². The van der Waals surface area contributed by atoms with Gasteiger partial charge in [0, 0.05) is 15.5 Å². The fourth-order valence-electron chi connectivity index (χ4n) is 1.46. The average molecular weight is 301 g/mol. The molecule has 0 aliphatic rings. The summed E-state index contributed by atoms with van der Waals surface area (Å²) in [5.74, 6) is 1.11. The van der Waals surface area contributed by atoms with Crippen LogP contribution in [-0.2, 0) is 0 Å². The van der Waals surface area contributed by atoms with Gasteiger partial charge in [0.1, 0.15) is 5.76 Å². The number of ketones is 1. The Hall–Kier alpha value is -0.900. The zero-order chi connectivity index (χ0) is 13.1. The molecule has 0 saturated carbocycles. The summed E-state index contributed by atoms with van der Waals surface area (Å²) in [5, 5.41) is 0.909. The van der Waals surface area contributed by atoms with Crippen LogP contribution >= 0.6 is 35.0 Å². The van der Waals surface area contributed by atoms with E-state index in [4.69, 9.17) is 27.6 Å². The zero-order valence-electron chi connectivity index (χ0n) is 9.57. The SMILES string of the molecule is Cc1occc1SCC(=O)c1ccc(Cl)cc1Cl. The Balaban J connectivity index is 2.06. The summed E-state index contributed by atoms with van der Waals surface area (Å²) in [6, 6.07) is 6.73. The first-order chi connectivity index (χ1) is 8.58. The van der Waals surface area contributed by atoms with Gasteiger partial charge >= 0.3 is 0 Å². The Morgan fingerprint density at radius 2 is 2.11 bits per heavy atom. The van der Waals surface area contributed by atoms with E-state index in [9.17, 15) is 4.79 Å². The summed E-state index contributed by atoms with van der Waals surface area (Å²) in [4.78, 5) is 13.0. The maximum atomic E-state index is 12.0. The molecule has 0 aliphatic heterocycles.